The lowest BCUT2D eigenvalue weighted by Crippen LogP contribution is -2.30. The quantitative estimate of drug-likeness (QED) is 0.470. The molecule has 2 aromatic rings. The van der Waals surface area contributed by atoms with E-state index in [1.54, 1.807) is 24.3 Å². The van der Waals surface area contributed by atoms with Crippen LogP contribution >= 0.6 is 0 Å². The average Bonchev–Trinajstić information content (AvgIpc) is 2.69. The average molecular weight is 415 g/mol. The highest BCUT2D eigenvalue weighted by molar-refractivity contribution is 7.92. The lowest BCUT2D eigenvalue weighted by atomic mass is 10.0. The molecule has 0 radical (unpaired) electrons. The molecule has 29 heavy (non-hydrogen) atoms. The largest absolute Gasteiger partial charge is 0.352 e. The lowest BCUT2D eigenvalue weighted by molar-refractivity contribution is 0.0953. The standard InChI is InChI=1S/C23H30N2O3S/c1-5-17-25(29(4,27)28)22-14-12-21(13-15-22)23(26)24-16-6-7-19-8-10-20(11-9-19)18(2)3/h5,8-15,18H,1,6-7,16-17H2,2-4H3,(H,24,26). The van der Waals surface area contributed by atoms with E-state index in [1.165, 1.54) is 21.5 Å². The van der Waals surface area contributed by atoms with E-state index in [9.17, 15) is 13.2 Å². The molecule has 0 aliphatic heterocycles. The number of hydrogen-bond acceptors (Lipinski definition) is 3. The van der Waals surface area contributed by atoms with Crippen molar-refractivity contribution in [2.24, 2.45) is 0 Å². The summed E-state index contributed by atoms with van der Waals surface area (Å²) in [6.07, 6.45) is 4.43. The molecule has 6 heteroatoms. The minimum atomic E-state index is -3.40. The first-order valence-electron chi connectivity index (χ1n) is 9.78. The van der Waals surface area contributed by atoms with Gasteiger partial charge in [-0.3, -0.25) is 9.10 Å². The van der Waals surface area contributed by atoms with Gasteiger partial charge in [0.1, 0.15) is 0 Å². The summed E-state index contributed by atoms with van der Waals surface area (Å²) in [6, 6.07) is 15.1. The van der Waals surface area contributed by atoms with Crippen LogP contribution in [0.25, 0.3) is 0 Å². The summed E-state index contributed by atoms with van der Waals surface area (Å²) in [5, 5.41) is 2.92. The van der Waals surface area contributed by atoms with E-state index in [4.69, 9.17) is 0 Å². The van der Waals surface area contributed by atoms with E-state index in [0.717, 1.165) is 19.1 Å². The number of nitrogens with one attached hydrogen (secondary N) is 1. The molecular formula is C23H30N2O3S. The van der Waals surface area contributed by atoms with Gasteiger partial charge in [-0.05, 0) is 54.2 Å². The van der Waals surface area contributed by atoms with Crippen molar-refractivity contribution in [3.8, 4) is 0 Å². The second kappa shape index (κ2) is 10.3. The molecule has 0 atom stereocenters. The number of sulfonamides is 1. The van der Waals surface area contributed by atoms with Crippen LogP contribution in [0, 0.1) is 0 Å². The minimum absolute atomic E-state index is 0.165. The second-order valence-electron chi connectivity index (χ2n) is 7.39. The van der Waals surface area contributed by atoms with Gasteiger partial charge in [-0.15, -0.1) is 6.58 Å². The van der Waals surface area contributed by atoms with Crippen molar-refractivity contribution >= 4 is 21.6 Å². The molecule has 1 amide bonds. The summed E-state index contributed by atoms with van der Waals surface area (Å²) in [5.74, 6) is 0.359. The molecule has 0 aliphatic carbocycles. The summed E-state index contributed by atoms with van der Waals surface area (Å²) in [7, 11) is -3.40. The summed E-state index contributed by atoms with van der Waals surface area (Å²) in [4.78, 5) is 12.3. The summed E-state index contributed by atoms with van der Waals surface area (Å²) in [5.41, 5.74) is 3.60. The smallest absolute Gasteiger partial charge is 0.251 e. The fourth-order valence-electron chi connectivity index (χ4n) is 2.99. The van der Waals surface area contributed by atoms with Crippen LogP contribution in [-0.4, -0.2) is 33.7 Å². The topological polar surface area (TPSA) is 66.5 Å². The number of rotatable bonds is 10. The Hall–Kier alpha value is -2.60. The Morgan fingerprint density at radius 2 is 1.72 bits per heavy atom. The van der Waals surface area contributed by atoms with Crippen molar-refractivity contribution in [2.75, 3.05) is 23.7 Å². The van der Waals surface area contributed by atoms with E-state index < -0.39 is 10.0 Å². The second-order valence-corrected chi connectivity index (χ2v) is 9.29. The molecule has 0 saturated carbocycles. The highest BCUT2D eigenvalue weighted by Crippen LogP contribution is 2.18. The van der Waals surface area contributed by atoms with E-state index in [-0.39, 0.29) is 12.5 Å². The molecule has 0 aliphatic rings. The van der Waals surface area contributed by atoms with Crippen LogP contribution in [0.5, 0.6) is 0 Å². The zero-order valence-electron chi connectivity index (χ0n) is 17.4. The predicted octanol–water partition coefficient (Wildman–Crippen LogP) is 4.12. The Morgan fingerprint density at radius 1 is 1.10 bits per heavy atom. The van der Waals surface area contributed by atoms with Gasteiger partial charge in [0.25, 0.3) is 5.91 Å². The number of amides is 1. The highest BCUT2D eigenvalue weighted by atomic mass is 32.2. The molecule has 0 unspecified atom stereocenters. The third-order valence-corrected chi connectivity index (χ3v) is 5.85. The Labute approximate surface area is 174 Å². The zero-order chi connectivity index (χ0) is 21.4. The Balaban J connectivity index is 1.87. The van der Waals surface area contributed by atoms with Crippen LogP contribution < -0.4 is 9.62 Å². The molecule has 5 nitrogen and oxygen atoms in total. The summed E-state index contributed by atoms with van der Waals surface area (Å²) >= 11 is 0. The van der Waals surface area contributed by atoms with Crippen molar-refractivity contribution in [3.63, 3.8) is 0 Å². The van der Waals surface area contributed by atoms with Gasteiger partial charge in [-0.1, -0.05) is 44.2 Å². The molecule has 0 bridgehead atoms. The first-order valence-corrected chi connectivity index (χ1v) is 11.6. The van der Waals surface area contributed by atoms with Crippen molar-refractivity contribution in [2.45, 2.75) is 32.6 Å². The van der Waals surface area contributed by atoms with Gasteiger partial charge in [0.05, 0.1) is 18.5 Å². The van der Waals surface area contributed by atoms with Crippen LogP contribution in [0.4, 0.5) is 5.69 Å². The molecule has 0 fully saturated rings. The van der Waals surface area contributed by atoms with E-state index in [0.29, 0.717) is 23.7 Å². The van der Waals surface area contributed by atoms with Crippen molar-refractivity contribution in [1.29, 1.82) is 0 Å². The van der Waals surface area contributed by atoms with Gasteiger partial charge in [-0.25, -0.2) is 8.42 Å². The van der Waals surface area contributed by atoms with Crippen LogP contribution in [0.1, 0.15) is 47.7 Å². The number of benzene rings is 2. The number of carbonyl (C=O) groups excluding carboxylic acids is 1. The monoisotopic (exact) mass is 414 g/mol. The number of carbonyl (C=O) groups is 1. The molecule has 156 valence electrons. The fourth-order valence-corrected chi connectivity index (χ4v) is 3.88. The SMILES string of the molecule is C=CCN(c1ccc(C(=O)NCCCc2ccc(C(C)C)cc2)cc1)S(C)(=O)=O. The van der Waals surface area contributed by atoms with Crippen molar-refractivity contribution < 1.29 is 13.2 Å². The van der Waals surface area contributed by atoms with Crippen LogP contribution in [-0.2, 0) is 16.4 Å². The van der Waals surface area contributed by atoms with Crippen molar-refractivity contribution in [1.82, 2.24) is 5.32 Å². The maximum atomic E-state index is 12.3. The molecule has 0 saturated heterocycles. The number of nitrogens with zero attached hydrogens (tertiary/aromatic N) is 1. The van der Waals surface area contributed by atoms with Gasteiger partial charge < -0.3 is 5.32 Å². The van der Waals surface area contributed by atoms with Crippen LogP contribution in [0.3, 0.4) is 0 Å². The first kappa shape index (κ1) is 22.7. The lowest BCUT2D eigenvalue weighted by Gasteiger charge is -2.20. The Morgan fingerprint density at radius 3 is 2.24 bits per heavy atom. The minimum Gasteiger partial charge on any atom is -0.352 e. The van der Waals surface area contributed by atoms with E-state index in [2.05, 4.69) is 50.0 Å². The predicted molar refractivity (Wildman–Crippen MR) is 120 cm³/mol. The molecule has 1 N–H and O–H groups in total. The first-order chi connectivity index (χ1) is 13.7. The van der Waals surface area contributed by atoms with Crippen LogP contribution in [0.2, 0.25) is 0 Å². The van der Waals surface area contributed by atoms with Gasteiger partial charge >= 0.3 is 0 Å². The highest BCUT2D eigenvalue weighted by Gasteiger charge is 2.16. The summed E-state index contributed by atoms with van der Waals surface area (Å²) in [6.45, 7) is 8.71. The zero-order valence-corrected chi connectivity index (χ0v) is 18.2. The normalized spacial score (nSPS) is 11.3. The van der Waals surface area contributed by atoms with Crippen molar-refractivity contribution in [3.05, 3.63) is 77.9 Å². The van der Waals surface area contributed by atoms with Gasteiger partial charge in [-0.2, -0.15) is 0 Å². The fraction of sp³-hybridized carbons (Fsp3) is 0.348. The summed E-state index contributed by atoms with van der Waals surface area (Å²) < 4.78 is 25.0. The van der Waals surface area contributed by atoms with Gasteiger partial charge in [0, 0.05) is 12.1 Å². The molecule has 2 aromatic carbocycles. The molecule has 0 heterocycles. The van der Waals surface area contributed by atoms with E-state index >= 15 is 0 Å². The number of aryl methyl sites for hydroxylation is 1. The maximum absolute atomic E-state index is 12.3. The maximum Gasteiger partial charge on any atom is 0.251 e. The number of hydrogen-bond donors (Lipinski definition) is 1. The van der Waals surface area contributed by atoms with Crippen LogP contribution in [0.15, 0.2) is 61.2 Å². The number of anilines is 1. The molecular weight excluding hydrogens is 384 g/mol. The molecule has 0 spiro atoms. The third kappa shape index (κ3) is 6.75. The van der Waals surface area contributed by atoms with Gasteiger partial charge in [0.2, 0.25) is 10.0 Å². The Kier molecular flexibility index (Phi) is 8.02. The van der Waals surface area contributed by atoms with Gasteiger partial charge in [0.15, 0.2) is 0 Å². The molecule has 0 aromatic heterocycles. The Bertz CT molecular complexity index is 918. The van der Waals surface area contributed by atoms with E-state index in [1.807, 2.05) is 0 Å². The molecule has 2 rings (SSSR count). The third-order valence-electron chi connectivity index (χ3n) is 4.69.